The summed E-state index contributed by atoms with van der Waals surface area (Å²) in [6.07, 6.45) is 0. The van der Waals surface area contributed by atoms with Crippen molar-refractivity contribution in [3.05, 3.63) is 65.5 Å². The van der Waals surface area contributed by atoms with Gasteiger partial charge in [0.15, 0.2) is 5.78 Å². The number of hydrogen-bond acceptors (Lipinski definition) is 3. The monoisotopic (exact) mass is 357 g/mol. The van der Waals surface area contributed by atoms with Gasteiger partial charge in [-0.2, -0.15) is 0 Å². The number of rotatable bonds is 7. The molecular weight excluding hydrogens is 333 g/mol. The number of halogens is 1. The van der Waals surface area contributed by atoms with Crippen molar-refractivity contribution in [3.8, 4) is 0 Å². The molecule has 26 heavy (non-hydrogen) atoms. The number of ketones is 1. The van der Waals surface area contributed by atoms with Gasteiger partial charge in [0.1, 0.15) is 5.82 Å². The normalized spacial score (nSPS) is 10.7. The lowest BCUT2D eigenvalue weighted by molar-refractivity contribution is 0.101. The number of likely N-dealkylation sites (N-methyl/N-ethyl adjacent to an activating group) is 1. The number of carbonyl (C=O) groups is 2. The summed E-state index contributed by atoms with van der Waals surface area (Å²) < 4.78 is 14.0. The molecule has 0 aromatic heterocycles. The van der Waals surface area contributed by atoms with Crippen molar-refractivity contribution in [1.29, 1.82) is 0 Å². The van der Waals surface area contributed by atoms with E-state index in [0.29, 0.717) is 29.9 Å². The third-order valence-electron chi connectivity index (χ3n) is 3.94. The predicted octanol–water partition coefficient (Wildman–Crippen LogP) is 3.62. The van der Waals surface area contributed by atoms with Gasteiger partial charge < -0.3 is 15.1 Å². The Labute approximate surface area is 153 Å². The molecule has 0 heterocycles. The van der Waals surface area contributed by atoms with Crippen LogP contribution in [0.2, 0.25) is 0 Å². The van der Waals surface area contributed by atoms with E-state index in [-0.39, 0.29) is 24.2 Å². The van der Waals surface area contributed by atoms with Crippen LogP contribution in [0.3, 0.4) is 0 Å². The van der Waals surface area contributed by atoms with Gasteiger partial charge in [-0.25, -0.2) is 9.18 Å². The van der Waals surface area contributed by atoms with Crippen LogP contribution in [0.25, 0.3) is 0 Å². The zero-order valence-corrected chi connectivity index (χ0v) is 15.3. The van der Waals surface area contributed by atoms with E-state index < -0.39 is 0 Å². The fourth-order valence-electron chi connectivity index (χ4n) is 2.42. The summed E-state index contributed by atoms with van der Waals surface area (Å²) in [7, 11) is 3.82. The lowest BCUT2D eigenvalue weighted by atomic mass is 10.1. The second kappa shape index (κ2) is 9.10. The molecule has 2 aromatic carbocycles. The number of hydrogen-bond donors (Lipinski definition) is 1. The third kappa shape index (κ3) is 5.67. The standard InChI is InChI=1S/C20H24FN3O2/c1-15(25)16-8-6-9-18(13-16)22-20(26)24(12-11-23(2)3)14-17-7-4-5-10-19(17)21/h4-10,13H,11-12,14H2,1-3H3,(H,22,26). The first-order valence-corrected chi connectivity index (χ1v) is 8.42. The summed E-state index contributed by atoms with van der Waals surface area (Å²) in [6, 6.07) is 12.8. The molecule has 5 nitrogen and oxygen atoms in total. The fraction of sp³-hybridized carbons (Fsp3) is 0.300. The Morgan fingerprint density at radius 3 is 2.42 bits per heavy atom. The molecule has 1 N–H and O–H groups in total. The van der Waals surface area contributed by atoms with Gasteiger partial charge in [0, 0.05) is 29.9 Å². The summed E-state index contributed by atoms with van der Waals surface area (Å²) in [5, 5.41) is 2.79. The van der Waals surface area contributed by atoms with Crippen LogP contribution in [0.1, 0.15) is 22.8 Å². The molecule has 0 saturated heterocycles. The topological polar surface area (TPSA) is 52.7 Å². The average Bonchev–Trinajstić information content (AvgIpc) is 2.60. The summed E-state index contributed by atoms with van der Waals surface area (Å²) in [5.74, 6) is -0.411. The Morgan fingerprint density at radius 2 is 1.77 bits per heavy atom. The maximum atomic E-state index is 14.0. The van der Waals surface area contributed by atoms with E-state index in [0.717, 1.165) is 0 Å². The maximum Gasteiger partial charge on any atom is 0.322 e. The number of anilines is 1. The number of nitrogens with one attached hydrogen (secondary N) is 1. The SMILES string of the molecule is CC(=O)c1cccc(NC(=O)N(CCN(C)C)Cc2ccccc2F)c1. The van der Waals surface area contributed by atoms with Gasteiger partial charge in [-0.3, -0.25) is 4.79 Å². The number of urea groups is 1. The van der Waals surface area contributed by atoms with E-state index in [1.54, 1.807) is 47.4 Å². The van der Waals surface area contributed by atoms with Gasteiger partial charge in [-0.1, -0.05) is 30.3 Å². The molecule has 2 amide bonds. The first-order valence-electron chi connectivity index (χ1n) is 8.42. The van der Waals surface area contributed by atoms with Crippen molar-refractivity contribution < 1.29 is 14.0 Å². The fourth-order valence-corrected chi connectivity index (χ4v) is 2.42. The van der Waals surface area contributed by atoms with Crippen LogP contribution < -0.4 is 5.32 Å². The number of Topliss-reactive ketones (excluding diaryl/α,β-unsaturated/α-hetero) is 1. The van der Waals surface area contributed by atoms with Gasteiger partial charge in [0.05, 0.1) is 6.54 Å². The summed E-state index contributed by atoms with van der Waals surface area (Å²) in [4.78, 5) is 27.7. The predicted molar refractivity (Wildman–Crippen MR) is 101 cm³/mol. The lowest BCUT2D eigenvalue weighted by Gasteiger charge is -2.25. The molecule has 0 radical (unpaired) electrons. The lowest BCUT2D eigenvalue weighted by Crippen LogP contribution is -2.39. The van der Waals surface area contributed by atoms with Gasteiger partial charge in [-0.05, 0) is 39.2 Å². The van der Waals surface area contributed by atoms with Crippen molar-refractivity contribution in [2.75, 3.05) is 32.5 Å². The molecule has 0 atom stereocenters. The second-order valence-corrected chi connectivity index (χ2v) is 6.38. The molecule has 0 aliphatic heterocycles. The van der Waals surface area contributed by atoms with E-state index >= 15 is 0 Å². The van der Waals surface area contributed by atoms with Crippen LogP contribution in [0.5, 0.6) is 0 Å². The van der Waals surface area contributed by atoms with Crippen LogP contribution >= 0.6 is 0 Å². The van der Waals surface area contributed by atoms with Crippen molar-refractivity contribution in [3.63, 3.8) is 0 Å². The first-order chi connectivity index (χ1) is 12.4. The quantitative estimate of drug-likeness (QED) is 0.770. The Kier molecular flexibility index (Phi) is 6.86. The third-order valence-corrected chi connectivity index (χ3v) is 3.94. The Morgan fingerprint density at radius 1 is 1.04 bits per heavy atom. The first kappa shape index (κ1) is 19.6. The molecule has 6 heteroatoms. The van der Waals surface area contributed by atoms with Gasteiger partial charge in [0.2, 0.25) is 0 Å². The molecule has 0 aliphatic rings. The van der Waals surface area contributed by atoms with Crippen LogP contribution in [-0.2, 0) is 6.54 Å². The molecule has 0 fully saturated rings. The van der Waals surface area contributed by atoms with E-state index in [4.69, 9.17) is 0 Å². The second-order valence-electron chi connectivity index (χ2n) is 6.38. The Hall–Kier alpha value is -2.73. The summed E-state index contributed by atoms with van der Waals surface area (Å²) >= 11 is 0. The number of nitrogens with zero attached hydrogens (tertiary/aromatic N) is 2. The molecule has 2 aromatic rings. The minimum atomic E-state index is -0.339. The zero-order valence-electron chi connectivity index (χ0n) is 15.3. The number of carbonyl (C=O) groups excluding carboxylic acids is 2. The smallest absolute Gasteiger partial charge is 0.319 e. The van der Waals surface area contributed by atoms with Crippen molar-refractivity contribution >= 4 is 17.5 Å². The molecule has 138 valence electrons. The van der Waals surface area contributed by atoms with Crippen molar-refractivity contribution in [1.82, 2.24) is 9.80 Å². The van der Waals surface area contributed by atoms with Crippen molar-refractivity contribution in [2.24, 2.45) is 0 Å². The molecule has 0 aliphatic carbocycles. The molecule has 0 spiro atoms. The van der Waals surface area contributed by atoms with Crippen LogP contribution in [0, 0.1) is 5.82 Å². The molecule has 2 rings (SSSR count). The summed E-state index contributed by atoms with van der Waals surface area (Å²) in [5.41, 5.74) is 1.52. The van der Waals surface area contributed by atoms with Gasteiger partial charge >= 0.3 is 6.03 Å². The van der Waals surface area contributed by atoms with E-state index in [2.05, 4.69) is 5.32 Å². The van der Waals surface area contributed by atoms with E-state index in [9.17, 15) is 14.0 Å². The highest BCUT2D eigenvalue weighted by Gasteiger charge is 2.16. The highest BCUT2D eigenvalue weighted by atomic mass is 19.1. The largest absolute Gasteiger partial charge is 0.322 e. The molecule has 0 bridgehead atoms. The number of benzene rings is 2. The van der Waals surface area contributed by atoms with Crippen LogP contribution in [0.4, 0.5) is 14.9 Å². The van der Waals surface area contributed by atoms with E-state index in [1.165, 1.54) is 13.0 Å². The Bertz CT molecular complexity index is 777. The highest BCUT2D eigenvalue weighted by molar-refractivity contribution is 5.96. The summed E-state index contributed by atoms with van der Waals surface area (Å²) in [6.45, 7) is 2.73. The Balaban J connectivity index is 2.15. The van der Waals surface area contributed by atoms with E-state index in [1.807, 2.05) is 19.0 Å². The van der Waals surface area contributed by atoms with Crippen LogP contribution in [-0.4, -0.2) is 48.8 Å². The number of amides is 2. The highest BCUT2D eigenvalue weighted by Crippen LogP contribution is 2.14. The van der Waals surface area contributed by atoms with Gasteiger partial charge in [-0.15, -0.1) is 0 Å². The molecule has 0 unspecified atom stereocenters. The van der Waals surface area contributed by atoms with Crippen molar-refractivity contribution in [2.45, 2.75) is 13.5 Å². The minimum absolute atomic E-state index is 0.0723. The molecular formula is C20H24FN3O2. The minimum Gasteiger partial charge on any atom is -0.319 e. The maximum absolute atomic E-state index is 14.0. The van der Waals surface area contributed by atoms with Crippen LogP contribution in [0.15, 0.2) is 48.5 Å². The zero-order chi connectivity index (χ0) is 19.1. The average molecular weight is 357 g/mol. The molecule has 0 saturated carbocycles. The van der Waals surface area contributed by atoms with Gasteiger partial charge in [0.25, 0.3) is 0 Å².